The number of benzene rings is 1. The highest BCUT2D eigenvalue weighted by Gasteiger charge is 2.44. The van der Waals surface area contributed by atoms with Crippen molar-refractivity contribution in [3.8, 4) is 5.75 Å². The van der Waals surface area contributed by atoms with Crippen molar-refractivity contribution in [2.75, 3.05) is 20.2 Å². The van der Waals surface area contributed by atoms with E-state index < -0.39 is 0 Å². The zero-order chi connectivity index (χ0) is 23.5. The third-order valence-electron chi connectivity index (χ3n) is 6.98. The Kier molecular flexibility index (Phi) is 5.33. The number of ketones is 1. The molecule has 0 radical (unpaired) electrons. The SMILES string of the molecule is COc1cc(C(=O)N2CCC3(CC2)CC(=O)c2nc(C(C)(C)C)sc2C3)c2[nH]ccc2c1Cl. The molecule has 1 aromatic carbocycles. The molecule has 0 bridgehead atoms. The number of H-pyrrole nitrogens is 1. The predicted molar refractivity (Wildman–Crippen MR) is 131 cm³/mol. The second-order valence-electron chi connectivity index (χ2n) is 10.3. The van der Waals surface area contributed by atoms with Gasteiger partial charge < -0.3 is 14.6 Å². The minimum absolute atomic E-state index is 0.0390. The van der Waals surface area contributed by atoms with Gasteiger partial charge in [-0.2, -0.15) is 0 Å². The average Bonchev–Trinajstić information content (AvgIpc) is 3.42. The third-order valence-corrected chi connectivity index (χ3v) is 8.85. The molecule has 1 N–H and O–H groups in total. The molecular formula is C25H28ClN3O3S. The third kappa shape index (κ3) is 3.75. The van der Waals surface area contributed by atoms with Crippen molar-refractivity contribution in [2.24, 2.45) is 5.41 Å². The van der Waals surface area contributed by atoms with Gasteiger partial charge in [-0.1, -0.05) is 32.4 Å². The minimum Gasteiger partial charge on any atom is -0.495 e. The molecule has 1 aliphatic carbocycles. The van der Waals surface area contributed by atoms with Crippen LogP contribution in [0.5, 0.6) is 5.75 Å². The first kappa shape index (κ1) is 22.4. The molecule has 0 atom stereocenters. The van der Waals surface area contributed by atoms with Crippen molar-refractivity contribution < 1.29 is 14.3 Å². The summed E-state index contributed by atoms with van der Waals surface area (Å²) < 4.78 is 5.40. The summed E-state index contributed by atoms with van der Waals surface area (Å²) in [7, 11) is 1.55. The lowest BCUT2D eigenvalue weighted by Crippen LogP contribution is -2.46. The number of fused-ring (bicyclic) bond motifs is 2. The smallest absolute Gasteiger partial charge is 0.256 e. The Labute approximate surface area is 202 Å². The normalized spacial score (nSPS) is 18.1. The Morgan fingerprint density at radius 2 is 2.00 bits per heavy atom. The van der Waals surface area contributed by atoms with Gasteiger partial charge in [0.1, 0.15) is 11.4 Å². The standard InChI is InChI=1S/C25H28ClN3O3S/c1-24(2,3)23-28-21-16(30)12-25(13-18(21)33-23)6-9-29(10-7-25)22(31)15-11-17(32-4)19(26)14-5-8-27-20(14)15/h5,8,11,27H,6-7,9-10,12-13H2,1-4H3. The van der Waals surface area contributed by atoms with Gasteiger partial charge >= 0.3 is 0 Å². The van der Waals surface area contributed by atoms with E-state index in [-0.39, 0.29) is 22.5 Å². The number of ether oxygens (including phenoxy) is 1. The number of methoxy groups -OCH3 is 1. The van der Waals surface area contributed by atoms with Crippen LogP contribution >= 0.6 is 22.9 Å². The Bertz CT molecular complexity index is 1260. The number of Topliss-reactive ketones (excluding diaryl/α,β-unsaturated/α-hetero) is 1. The Balaban J connectivity index is 1.37. The summed E-state index contributed by atoms with van der Waals surface area (Å²) in [4.78, 5) is 37.3. The first-order chi connectivity index (χ1) is 15.6. The molecule has 2 aliphatic rings. The summed E-state index contributed by atoms with van der Waals surface area (Å²) in [6.45, 7) is 7.65. The molecule has 0 saturated carbocycles. The fourth-order valence-electron chi connectivity index (χ4n) is 5.04. The number of carbonyl (C=O) groups excluding carboxylic acids is 2. The minimum atomic E-state index is -0.0814. The van der Waals surface area contributed by atoms with Crippen LogP contribution in [0, 0.1) is 5.41 Å². The van der Waals surface area contributed by atoms with Gasteiger partial charge in [-0.15, -0.1) is 11.3 Å². The van der Waals surface area contributed by atoms with Crippen LogP contribution in [0.15, 0.2) is 18.3 Å². The number of aromatic amines is 1. The number of nitrogens with one attached hydrogen (secondary N) is 1. The summed E-state index contributed by atoms with van der Waals surface area (Å²) in [6.07, 6.45) is 4.80. The molecule has 33 heavy (non-hydrogen) atoms. The van der Waals surface area contributed by atoms with E-state index in [2.05, 4.69) is 30.7 Å². The van der Waals surface area contributed by atoms with E-state index in [1.54, 1.807) is 30.7 Å². The lowest BCUT2D eigenvalue weighted by Gasteiger charge is -2.43. The molecule has 2 aromatic heterocycles. The summed E-state index contributed by atoms with van der Waals surface area (Å²) in [5.74, 6) is 0.604. The molecule has 1 saturated heterocycles. The van der Waals surface area contributed by atoms with Crippen LogP contribution in [0.2, 0.25) is 5.02 Å². The number of aromatic nitrogens is 2. The van der Waals surface area contributed by atoms with Gasteiger partial charge in [-0.25, -0.2) is 4.98 Å². The number of hydrogen-bond acceptors (Lipinski definition) is 5. The molecule has 8 heteroatoms. The monoisotopic (exact) mass is 485 g/mol. The highest BCUT2D eigenvalue weighted by atomic mass is 35.5. The maximum Gasteiger partial charge on any atom is 0.256 e. The van der Waals surface area contributed by atoms with Gasteiger partial charge in [0.25, 0.3) is 5.91 Å². The topological polar surface area (TPSA) is 75.3 Å². The fourth-order valence-corrected chi connectivity index (χ4v) is 6.64. The van der Waals surface area contributed by atoms with Gasteiger partial charge in [0, 0.05) is 41.4 Å². The highest BCUT2D eigenvalue weighted by molar-refractivity contribution is 7.12. The molecule has 3 heterocycles. The van der Waals surface area contributed by atoms with Crippen molar-refractivity contribution in [1.29, 1.82) is 0 Å². The van der Waals surface area contributed by atoms with E-state index >= 15 is 0 Å². The Hall–Kier alpha value is -2.38. The van der Waals surface area contributed by atoms with E-state index in [1.807, 2.05) is 11.0 Å². The van der Waals surface area contributed by atoms with E-state index in [4.69, 9.17) is 16.3 Å². The number of carbonyl (C=O) groups is 2. The summed E-state index contributed by atoms with van der Waals surface area (Å²) in [6, 6.07) is 3.57. The molecule has 1 spiro atoms. The quantitative estimate of drug-likeness (QED) is 0.510. The first-order valence-corrected chi connectivity index (χ1v) is 12.5. The number of amides is 1. The molecule has 3 aromatic rings. The lowest BCUT2D eigenvalue weighted by atomic mass is 9.68. The lowest BCUT2D eigenvalue weighted by molar-refractivity contribution is 0.0523. The Morgan fingerprint density at radius 1 is 1.27 bits per heavy atom. The molecule has 5 rings (SSSR count). The highest BCUT2D eigenvalue weighted by Crippen LogP contribution is 2.46. The van der Waals surface area contributed by atoms with Crippen LogP contribution in [-0.2, 0) is 11.8 Å². The van der Waals surface area contributed by atoms with Gasteiger partial charge in [0.15, 0.2) is 5.78 Å². The molecule has 0 unspecified atom stereocenters. The van der Waals surface area contributed by atoms with Crippen molar-refractivity contribution >= 4 is 45.5 Å². The van der Waals surface area contributed by atoms with Crippen molar-refractivity contribution in [2.45, 2.75) is 51.9 Å². The predicted octanol–water partition coefficient (Wildman–Crippen LogP) is 5.64. The maximum absolute atomic E-state index is 13.5. The summed E-state index contributed by atoms with van der Waals surface area (Å²) >= 11 is 8.10. The number of hydrogen-bond donors (Lipinski definition) is 1. The van der Waals surface area contributed by atoms with E-state index in [0.29, 0.717) is 41.5 Å². The molecule has 1 amide bonds. The van der Waals surface area contributed by atoms with E-state index in [0.717, 1.165) is 40.1 Å². The number of likely N-dealkylation sites (tertiary alicyclic amines) is 1. The fraction of sp³-hybridized carbons (Fsp3) is 0.480. The second kappa shape index (κ2) is 7.84. The van der Waals surface area contributed by atoms with E-state index in [9.17, 15) is 9.59 Å². The van der Waals surface area contributed by atoms with Crippen LogP contribution in [0.3, 0.4) is 0 Å². The van der Waals surface area contributed by atoms with Crippen LogP contribution in [0.1, 0.15) is 70.8 Å². The molecule has 6 nitrogen and oxygen atoms in total. The van der Waals surface area contributed by atoms with Gasteiger partial charge in [-0.3, -0.25) is 9.59 Å². The first-order valence-electron chi connectivity index (χ1n) is 11.3. The van der Waals surface area contributed by atoms with Gasteiger partial charge in [-0.05, 0) is 36.8 Å². The number of thiazole rings is 1. The van der Waals surface area contributed by atoms with Crippen LogP contribution < -0.4 is 4.74 Å². The second-order valence-corrected chi connectivity index (χ2v) is 11.8. The molecule has 1 aliphatic heterocycles. The summed E-state index contributed by atoms with van der Waals surface area (Å²) in [5.41, 5.74) is 1.82. The van der Waals surface area contributed by atoms with Gasteiger partial charge in [0.05, 0.1) is 28.2 Å². The molecule has 174 valence electrons. The van der Waals surface area contributed by atoms with Crippen molar-refractivity contribution in [1.82, 2.24) is 14.9 Å². The number of piperidine rings is 1. The van der Waals surface area contributed by atoms with E-state index in [1.165, 1.54) is 0 Å². The largest absolute Gasteiger partial charge is 0.495 e. The van der Waals surface area contributed by atoms with Crippen LogP contribution in [0.25, 0.3) is 10.9 Å². The zero-order valence-electron chi connectivity index (χ0n) is 19.4. The zero-order valence-corrected chi connectivity index (χ0v) is 21.0. The van der Waals surface area contributed by atoms with Gasteiger partial charge in [0.2, 0.25) is 0 Å². The van der Waals surface area contributed by atoms with Crippen LogP contribution in [-0.4, -0.2) is 46.8 Å². The maximum atomic E-state index is 13.5. The number of halogens is 1. The average molecular weight is 486 g/mol. The van der Waals surface area contributed by atoms with Crippen LogP contribution in [0.4, 0.5) is 0 Å². The van der Waals surface area contributed by atoms with Crippen molar-refractivity contribution in [3.63, 3.8) is 0 Å². The summed E-state index contributed by atoms with van der Waals surface area (Å²) in [5, 5.41) is 2.30. The number of nitrogens with zero attached hydrogens (tertiary/aromatic N) is 2. The Morgan fingerprint density at radius 3 is 2.67 bits per heavy atom. The number of rotatable bonds is 2. The van der Waals surface area contributed by atoms with Crippen molar-refractivity contribution in [3.05, 3.63) is 44.5 Å². The molecule has 1 fully saturated rings. The molecular weight excluding hydrogens is 458 g/mol.